The first-order valence-electron chi connectivity index (χ1n) is 14.8. The molecule has 1 saturated heterocycles. The molecule has 0 aliphatic carbocycles. The Kier molecular flexibility index (Phi) is 11.6. The Morgan fingerprint density at radius 1 is 1.12 bits per heavy atom. The van der Waals surface area contributed by atoms with Gasteiger partial charge < -0.3 is 29.4 Å². The van der Waals surface area contributed by atoms with Crippen LogP contribution in [0.4, 0.5) is 0 Å². The standard InChI is InChI=1S/C32H42BrN3O7/c1-31(2,3)43-27(38)13-14-32(30(39)34-15-16-36-17-21-40-22-18-36)28(23-5-9-25(33)10-6-23)42-29(35-32)24-7-11-26(12-8-24)41-20-4-19-37/h5-12,28,37H,4,13-22H2,1-3H3,(H,34,39)/t28-,32-/m1/s1. The topological polar surface area (TPSA) is 119 Å². The molecule has 0 saturated carbocycles. The largest absolute Gasteiger partial charge is 0.494 e. The molecule has 2 N–H and O–H groups in total. The number of carbonyl (C=O) groups excluding carboxylic acids is 2. The highest BCUT2D eigenvalue weighted by atomic mass is 79.9. The fraction of sp³-hybridized carbons (Fsp3) is 0.531. The third-order valence-electron chi connectivity index (χ3n) is 7.15. The Morgan fingerprint density at radius 2 is 1.81 bits per heavy atom. The highest BCUT2D eigenvalue weighted by Crippen LogP contribution is 2.43. The summed E-state index contributed by atoms with van der Waals surface area (Å²) < 4.78 is 24.1. The Morgan fingerprint density at radius 3 is 2.47 bits per heavy atom. The van der Waals surface area contributed by atoms with Crippen molar-refractivity contribution in [2.24, 2.45) is 4.99 Å². The number of aliphatic hydroxyl groups excluding tert-OH is 1. The van der Waals surface area contributed by atoms with Crippen LogP contribution in [0.3, 0.4) is 0 Å². The molecule has 2 aliphatic heterocycles. The van der Waals surface area contributed by atoms with E-state index in [1.54, 1.807) is 12.1 Å². The molecule has 1 fully saturated rings. The fourth-order valence-corrected chi connectivity index (χ4v) is 5.26. The number of rotatable bonds is 13. The van der Waals surface area contributed by atoms with E-state index in [1.807, 2.05) is 57.2 Å². The van der Waals surface area contributed by atoms with Crippen molar-refractivity contribution in [2.75, 3.05) is 52.6 Å². The van der Waals surface area contributed by atoms with Gasteiger partial charge in [-0.15, -0.1) is 0 Å². The van der Waals surface area contributed by atoms with Gasteiger partial charge in [-0.05, 0) is 69.2 Å². The molecular weight excluding hydrogens is 618 g/mol. The third kappa shape index (κ3) is 9.25. The number of aliphatic hydroxyl groups is 1. The number of morpholine rings is 1. The molecule has 2 aliphatic rings. The molecular formula is C32H42BrN3O7. The monoisotopic (exact) mass is 659 g/mol. The number of esters is 1. The van der Waals surface area contributed by atoms with Crippen LogP contribution in [0.2, 0.25) is 0 Å². The van der Waals surface area contributed by atoms with E-state index >= 15 is 0 Å². The molecule has 0 radical (unpaired) electrons. The van der Waals surface area contributed by atoms with Gasteiger partial charge in [-0.1, -0.05) is 28.1 Å². The fourth-order valence-electron chi connectivity index (χ4n) is 5.00. The smallest absolute Gasteiger partial charge is 0.306 e. The van der Waals surface area contributed by atoms with Gasteiger partial charge in [0.2, 0.25) is 5.90 Å². The molecule has 2 aromatic rings. The van der Waals surface area contributed by atoms with Crippen LogP contribution in [0.15, 0.2) is 58.0 Å². The van der Waals surface area contributed by atoms with Crippen LogP contribution < -0.4 is 10.1 Å². The van der Waals surface area contributed by atoms with Gasteiger partial charge >= 0.3 is 5.97 Å². The van der Waals surface area contributed by atoms with E-state index in [1.165, 1.54) is 0 Å². The van der Waals surface area contributed by atoms with Crippen LogP contribution in [0.5, 0.6) is 5.75 Å². The minimum absolute atomic E-state index is 0.0149. The zero-order chi connectivity index (χ0) is 30.9. The zero-order valence-electron chi connectivity index (χ0n) is 25.1. The van der Waals surface area contributed by atoms with Crippen LogP contribution in [-0.2, 0) is 23.8 Å². The minimum atomic E-state index is -1.42. The second kappa shape index (κ2) is 15.1. The van der Waals surface area contributed by atoms with Gasteiger partial charge in [0, 0.05) is 55.7 Å². The maximum absolute atomic E-state index is 14.2. The van der Waals surface area contributed by atoms with Gasteiger partial charge in [-0.3, -0.25) is 14.5 Å². The van der Waals surface area contributed by atoms with E-state index in [0.717, 1.165) is 23.1 Å². The van der Waals surface area contributed by atoms with Crippen molar-refractivity contribution >= 4 is 33.7 Å². The molecule has 10 nitrogen and oxygen atoms in total. The number of hydrogen-bond acceptors (Lipinski definition) is 9. The van der Waals surface area contributed by atoms with Gasteiger partial charge in [0.15, 0.2) is 11.6 Å². The van der Waals surface area contributed by atoms with Crippen LogP contribution >= 0.6 is 15.9 Å². The normalized spacial score (nSPS) is 20.7. The van der Waals surface area contributed by atoms with Gasteiger partial charge in [-0.25, -0.2) is 4.99 Å². The molecule has 0 unspecified atom stereocenters. The van der Waals surface area contributed by atoms with E-state index in [4.69, 9.17) is 29.0 Å². The van der Waals surface area contributed by atoms with Crippen LogP contribution in [-0.4, -0.2) is 91.5 Å². The van der Waals surface area contributed by atoms with Crippen molar-refractivity contribution < 1.29 is 33.6 Å². The molecule has 0 spiro atoms. The number of amides is 1. The van der Waals surface area contributed by atoms with Crippen LogP contribution in [0.1, 0.15) is 57.3 Å². The number of nitrogens with one attached hydrogen (secondary N) is 1. The average Bonchev–Trinajstić information content (AvgIpc) is 3.37. The molecule has 2 atom stereocenters. The number of nitrogens with zero attached hydrogens (tertiary/aromatic N) is 2. The number of ether oxygens (including phenoxy) is 4. The Hall–Kier alpha value is -2.99. The number of aliphatic imine (C=N–C) groups is 1. The summed E-state index contributed by atoms with van der Waals surface area (Å²) in [5.74, 6) is 0.242. The van der Waals surface area contributed by atoms with Crippen molar-refractivity contribution in [3.63, 3.8) is 0 Å². The highest BCUT2D eigenvalue weighted by Gasteiger charge is 2.53. The molecule has 234 valence electrons. The Labute approximate surface area is 261 Å². The summed E-state index contributed by atoms with van der Waals surface area (Å²) in [6.45, 7) is 9.97. The van der Waals surface area contributed by atoms with E-state index in [0.29, 0.717) is 56.5 Å². The summed E-state index contributed by atoms with van der Waals surface area (Å²) in [5, 5.41) is 12.1. The van der Waals surface area contributed by atoms with Crippen LogP contribution in [0, 0.1) is 0 Å². The lowest BCUT2D eigenvalue weighted by atomic mass is 9.83. The van der Waals surface area contributed by atoms with E-state index in [-0.39, 0.29) is 25.4 Å². The maximum Gasteiger partial charge on any atom is 0.306 e. The van der Waals surface area contributed by atoms with Gasteiger partial charge in [0.1, 0.15) is 11.4 Å². The van der Waals surface area contributed by atoms with Crippen molar-refractivity contribution in [3.8, 4) is 5.75 Å². The molecule has 43 heavy (non-hydrogen) atoms. The Bertz CT molecular complexity index is 1240. The van der Waals surface area contributed by atoms with Gasteiger partial charge in [0.05, 0.1) is 19.8 Å². The second-order valence-corrected chi connectivity index (χ2v) is 12.6. The molecule has 2 heterocycles. The lowest BCUT2D eigenvalue weighted by Gasteiger charge is -2.32. The summed E-state index contributed by atoms with van der Waals surface area (Å²) in [4.78, 5) is 34.3. The third-order valence-corrected chi connectivity index (χ3v) is 7.68. The first-order chi connectivity index (χ1) is 20.6. The van der Waals surface area contributed by atoms with Crippen molar-refractivity contribution in [2.45, 2.75) is 57.3 Å². The SMILES string of the molecule is CC(C)(C)OC(=O)CC[C@@]1(C(=O)NCCN2CCOCC2)N=C(c2ccc(OCCCO)cc2)O[C@@H]1c1ccc(Br)cc1. The zero-order valence-corrected chi connectivity index (χ0v) is 26.7. The number of carbonyl (C=O) groups is 2. The summed E-state index contributed by atoms with van der Waals surface area (Å²) >= 11 is 3.49. The van der Waals surface area contributed by atoms with Crippen molar-refractivity contribution in [1.82, 2.24) is 10.2 Å². The number of hydrogen-bond donors (Lipinski definition) is 2. The van der Waals surface area contributed by atoms with E-state index in [2.05, 4.69) is 26.1 Å². The highest BCUT2D eigenvalue weighted by molar-refractivity contribution is 9.10. The lowest BCUT2D eigenvalue weighted by molar-refractivity contribution is -0.155. The summed E-state index contributed by atoms with van der Waals surface area (Å²) in [7, 11) is 0. The molecule has 0 bridgehead atoms. The van der Waals surface area contributed by atoms with Crippen molar-refractivity contribution in [1.29, 1.82) is 0 Å². The average molecular weight is 661 g/mol. The quantitative estimate of drug-likeness (QED) is 0.244. The van der Waals surface area contributed by atoms with Gasteiger partial charge in [0.25, 0.3) is 5.91 Å². The van der Waals surface area contributed by atoms with Gasteiger partial charge in [-0.2, -0.15) is 0 Å². The Balaban J connectivity index is 1.65. The molecule has 4 rings (SSSR count). The maximum atomic E-state index is 14.2. The lowest BCUT2D eigenvalue weighted by Crippen LogP contribution is -2.50. The summed E-state index contributed by atoms with van der Waals surface area (Å²) in [6, 6.07) is 14.8. The second-order valence-electron chi connectivity index (χ2n) is 11.6. The number of halogens is 1. The summed E-state index contributed by atoms with van der Waals surface area (Å²) in [6.07, 6.45) is -0.161. The molecule has 1 amide bonds. The number of benzene rings is 2. The molecule has 11 heteroatoms. The van der Waals surface area contributed by atoms with Crippen molar-refractivity contribution in [3.05, 3.63) is 64.1 Å². The van der Waals surface area contributed by atoms with Crippen LogP contribution in [0.25, 0.3) is 0 Å². The molecule has 2 aromatic carbocycles. The first kappa shape index (κ1) is 32.9. The predicted molar refractivity (Wildman–Crippen MR) is 166 cm³/mol. The first-order valence-corrected chi connectivity index (χ1v) is 15.6. The minimum Gasteiger partial charge on any atom is -0.494 e. The molecule has 0 aromatic heterocycles. The van der Waals surface area contributed by atoms with E-state index < -0.39 is 23.2 Å². The predicted octanol–water partition coefficient (Wildman–Crippen LogP) is 4.04. The summed E-state index contributed by atoms with van der Waals surface area (Å²) in [5.41, 5.74) is -0.631. The van der Waals surface area contributed by atoms with E-state index in [9.17, 15) is 9.59 Å².